The minimum atomic E-state index is -0.499. The van der Waals surface area contributed by atoms with Crippen molar-refractivity contribution in [2.45, 2.75) is 20.3 Å². The van der Waals surface area contributed by atoms with Gasteiger partial charge in [-0.2, -0.15) is 0 Å². The Morgan fingerprint density at radius 2 is 1.92 bits per heavy atom. The van der Waals surface area contributed by atoms with Crippen molar-refractivity contribution in [1.82, 2.24) is 0 Å². The van der Waals surface area contributed by atoms with Gasteiger partial charge in [0.2, 0.25) is 0 Å². The van der Waals surface area contributed by atoms with Crippen LogP contribution in [0.1, 0.15) is 27.0 Å². The van der Waals surface area contributed by atoms with Gasteiger partial charge in [-0.05, 0) is 37.1 Å². The van der Waals surface area contributed by atoms with Crippen LogP contribution >= 0.6 is 11.3 Å². The number of nitrogens with one attached hydrogen (secondary N) is 1. The number of anilines is 1. The van der Waals surface area contributed by atoms with Gasteiger partial charge in [0.25, 0.3) is 5.91 Å². The van der Waals surface area contributed by atoms with E-state index in [0.29, 0.717) is 22.1 Å². The van der Waals surface area contributed by atoms with Gasteiger partial charge < -0.3 is 19.5 Å². The lowest BCUT2D eigenvalue weighted by Gasteiger charge is -2.11. The van der Waals surface area contributed by atoms with E-state index in [1.807, 2.05) is 19.9 Å². The summed E-state index contributed by atoms with van der Waals surface area (Å²) in [7, 11) is 3.03. The van der Waals surface area contributed by atoms with Crippen LogP contribution < -0.4 is 14.8 Å². The van der Waals surface area contributed by atoms with Crippen molar-refractivity contribution in [3.05, 3.63) is 39.6 Å². The van der Waals surface area contributed by atoms with Crippen molar-refractivity contribution >= 4 is 28.9 Å². The fourth-order valence-electron chi connectivity index (χ4n) is 2.27. The fraction of sp³-hybridized carbons (Fsp3) is 0.333. The SMILES string of the molecule is CCc1cc(C(=O)OCC(=O)Nc2cc(OC)ccc2OC)sc1C. The quantitative estimate of drug-likeness (QED) is 0.763. The van der Waals surface area contributed by atoms with Gasteiger partial charge in [0.05, 0.1) is 19.9 Å². The fourth-order valence-corrected chi connectivity index (χ4v) is 3.28. The highest BCUT2D eigenvalue weighted by atomic mass is 32.1. The first-order valence-corrected chi connectivity index (χ1v) is 8.58. The molecule has 0 spiro atoms. The first-order chi connectivity index (χ1) is 12.0. The number of carbonyl (C=O) groups is 2. The van der Waals surface area contributed by atoms with Crippen LogP contribution in [0.4, 0.5) is 5.69 Å². The topological polar surface area (TPSA) is 73.9 Å². The molecule has 1 N–H and O–H groups in total. The summed E-state index contributed by atoms with van der Waals surface area (Å²) < 4.78 is 15.4. The number of ether oxygens (including phenoxy) is 3. The predicted molar refractivity (Wildman–Crippen MR) is 96.9 cm³/mol. The Labute approximate surface area is 150 Å². The summed E-state index contributed by atoms with van der Waals surface area (Å²) in [5.74, 6) is 0.112. The molecular formula is C18H21NO5S. The zero-order chi connectivity index (χ0) is 18.4. The van der Waals surface area contributed by atoms with E-state index < -0.39 is 11.9 Å². The largest absolute Gasteiger partial charge is 0.497 e. The molecule has 0 unspecified atom stereocenters. The number of benzene rings is 1. The zero-order valence-electron chi connectivity index (χ0n) is 14.7. The summed E-state index contributed by atoms with van der Waals surface area (Å²) in [6.45, 7) is 3.61. The van der Waals surface area contributed by atoms with E-state index in [1.165, 1.54) is 25.6 Å². The molecule has 1 aromatic carbocycles. The first-order valence-electron chi connectivity index (χ1n) is 7.76. The molecule has 0 aliphatic rings. The van der Waals surface area contributed by atoms with Crippen molar-refractivity contribution in [1.29, 1.82) is 0 Å². The molecule has 25 heavy (non-hydrogen) atoms. The third-order valence-corrected chi connectivity index (χ3v) is 4.69. The minimum absolute atomic E-state index is 0.377. The van der Waals surface area contributed by atoms with Gasteiger partial charge in [-0.25, -0.2) is 4.79 Å². The van der Waals surface area contributed by atoms with Crippen LogP contribution in [-0.4, -0.2) is 32.7 Å². The van der Waals surface area contributed by atoms with Crippen molar-refractivity contribution < 1.29 is 23.8 Å². The maximum absolute atomic E-state index is 12.1. The second-order valence-electron chi connectivity index (χ2n) is 5.24. The van der Waals surface area contributed by atoms with E-state index in [1.54, 1.807) is 18.2 Å². The average Bonchev–Trinajstić information content (AvgIpc) is 3.00. The molecule has 0 atom stereocenters. The van der Waals surface area contributed by atoms with Gasteiger partial charge in [-0.1, -0.05) is 6.92 Å². The Morgan fingerprint density at radius 1 is 1.16 bits per heavy atom. The van der Waals surface area contributed by atoms with E-state index in [0.717, 1.165) is 16.9 Å². The molecule has 0 aliphatic carbocycles. The van der Waals surface area contributed by atoms with Gasteiger partial charge >= 0.3 is 5.97 Å². The van der Waals surface area contributed by atoms with Crippen LogP contribution in [0.3, 0.4) is 0 Å². The van der Waals surface area contributed by atoms with Crippen molar-refractivity contribution in [3.63, 3.8) is 0 Å². The summed E-state index contributed by atoms with van der Waals surface area (Å²) in [6.07, 6.45) is 0.853. The molecule has 134 valence electrons. The molecule has 0 saturated carbocycles. The summed E-state index contributed by atoms with van der Waals surface area (Å²) in [5, 5.41) is 2.65. The second-order valence-corrected chi connectivity index (χ2v) is 6.49. The van der Waals surface area contributed by atoms with Crippen molar-refractivity contribution in [3.8, 4) is 11.5 Å². The maximum Gasteiger partial charge on any atom is 0.348 e. The normalized spacial score (nSPS) is 10.2. The Morgan fingerprint density at radius 3 is 2.52 bits per heavy atom. The smallest absolute Gasteiger partial charge is 0.348 e. The molecular weight excluding hydrogens is 342 g/mol. The Kier molecular flexibility index (Phi) is 6.41. The van der Waals surface area contributed by atoms with Gasteiger partial charge in [-0.3, -0.25) is 4.79 Å². The van der Waals surface area contributed by atoms with E-state index in [9.17, 15) is 9.59 Å². The Hall–Kier alpha value is -2.54. The maximum atomic E-state index is 12.1. The third kappa shape index (κ3) is 4.73. The molecule has 0 saturated heterocycles. The lowest BCUT2D eigenvalue weighted by Crippen LogP contribution is -2.21. The molecule has 1 aromatic heterocycles. The van der Waals surface area contributed by atoms with E-state index in [4.69, 9.17) is 14.2 Å². The van der Waals surface area contributed by atoms with Gasteiger partial charge in [-0.15, -0.1) is 11.3 Å². The number of hydrogen-bond donors (Lipinski definition) is 1. The molecule has 1 amide bonds. The highest BCUT2D eigenvalue weighted by molar-refractivity contribution is 7.14. The standard InChI is InChI=1S/C18H21NO5S/c1-5-12-8-16(25-11(12)2)18(21)24-10-17(20)19-14-9-13(22-3)6-7-15(14)23-4/h6-9H,5,10H2,1-4H3,(H,19,20). The lowest BCUT2D eigenvalue weighted by molar-refractivity contribution is -0.119. The van der Waals surface area contributed by atoms with Crippen LogP contribution in [0.2, 0.25) is 0 Å². The predicted octanol–water partition coefficient (Wildman–Crippen LogP) is 3.43. The Balaban J connectivity index is 1.97. The number of aryl methyl sites for hydroxylation is 2. The number of methoxy groups -OCH3 is 2. The van der Waals surface area contributed by atoms with E-state index >= 15 is 0 Å². The second kappa shape index (κ2) is 8.53. The van der Waals surface area contributed by atoms with Crippen molar-refractivity contribution in [2.75, 3.05) is 26.1 Å². The number of hydrogen-bond acceptors (Lipinski definition) is 6. The molecule has 0 aliphatic heterocycles. The molecule has 2 rings (SSSR count). The molecule has 6 nitrogen and oxygen atoms in total. The third-order valence-electron chi connectivity index (χ3n) is 3.62. The monoisotopic (exact) mass is 363 g/mol. The van der Waals surface area contributed by atoms with Gasteiger partial charge in [0, 0.05) is 10.9 Å². The average molecular weight is 363 g/mol. The summed E-state index contributed by atoms with van der Waals surface area (Å²) in [4.78, 5) is 25.7. The summed E-state index contributed by atoms with van der Waals surface area (Å²) >= 11 is 1.37. The molecule has 0 fully saturated rings. The number of thiophene rings is 1. The zero-order valence-corrected chi connectivity index (χ0v) is 15.5. The first kappa shape index (κ1) is 18.8. The highest BCUT2D eigenvalue weighted by Crippen LogP contribution is 2.29. The molecule has 7 heteroatoms. The summed E-state index contributed by atoms with van der Waals surface area (Å²) in [5.41, 5.74) is 1.56. The lowest BCUT2D eigenvalue weighted by atomic mass is 10.2. The molecule has 1 heterocycles. The number of amides is 1. The molecule has 0 radical (unpaired) electrons. The minimum Gasteiger partial charge on any atom is -0.497 e. The molecule has 0 bridgehead atoms. The van der Waals surface area contributed by atoms with Crippen LogP contribution in [0.25, 0.3) is 0 Å². The summed E-state index contributed by atoms with van der Waals surface area (Å²) in [6, 6.07) is 6.85. The van der Waals surface area contributed by atoms with Crippen LogP contribution in [0.15, 0.2) is 24.3 Å². The van der Waals surface area contributed by atoms with Crippen LogP contribution in [-0.2, 0) is 16.0 Å². The highest BCUT2D eigenvalue weighted by Gasteiger charge is 2.15. The Bertz CT molecular complexity index is 769. The van der Waals surface area contributed by atoms with Crippen molar-refractivity contribution in [2.24, 2.45) is 0 Å². The number of rotatable bonds is 7. The van der Waals surface area contributed by atoms with Crippen LogP contribution in [0, 0.1) is 6.92 Å². The number of carbonyl (C=O) groups excluding carboxylic acids is 2. The van der Waals surface area contributed by atoms with E-state index in [-0.39, 0.29) is 6.61 Å². The van der Waals surface area contributed by atoms with Crippen LogP contribution in [0.5, 0.6) is 11.5 Å². The van der Waals surface area contributed by atoms with E-state index in [2.05, 4.69) is 5.32 Å². The molecule has 2 aromatic rings. The van der Waals surface area contributed by atoms with Gasteiger partial charge in [0.1, 0.15) is 16.4 Å². The number of esters is 1. The van der Waals surface area contributed by atoms with Gasteiger partial charge in [0.15, 0.2) is 6.61 Å².